The number of hydrogen-bond acceptors (Lipinski definition) is 3. The first-order valence-electron chi connectivity index (χ1n) is 7.81. The summed E-state index contributed by atoms with van der Waals surface area (Å²) >= 11 is 0. The largest absolute Gasteiger partial charge is 0.497 e. The Bertz CT molecular complexity index is 665. The highest BCUT2D eigenvalue weighted by Gasteiger charge is 2.27. The second-order valence-electron chi connectivity index (χ2n) is 5.91. The van der Waals surface area contributed by atoms with Crippen LogP contribution in [0.2, 0.25) is 0 Å². The zero-order valence-corrected chi connectivity index (χ0v) is 13.2. The number of nitrogens with one attached hydrogen (secondary N) is 2. The van der Waals surface area contributed by atoms with Gasteiger partial charge in [-0.3, -0.25) is 9.69 Å². The minimum atomic E-state index is 0.0445. The molecule has 2 heterocycles. The number of amides is 1. The van der Waals surface area contributed by atoms with Crippen molar-refractivity contribution in [2.75, 3.05) is 27.2 Å². The quantitative estimate of drug-likeness (QED) is 0.887. The van der Waals surface area contributed by atoms with Crippen molar-refractivity contribution in [3.63, 3.8) is 0 Å². The van der Waals surface area contributed by atoms with Gasteiger partial charge in [0.2, 0.25) is 5.91 Å². The zero-order valence-electron chi connectivity index (χ0n) is 13.2. The van der Waals surface area contributed by atoms with E-state index in [1.807, 2.05) is 31.4 Å². The van der Waals surface area contributed by atoms with E-state index in [1.165, 1.54) is 5.56 Å². The number of carbonyl (C=O) groups excluding carboxylic acids is 1. The maximum atomic E-state index is 12.2. The van der Waals surface area contributed by atoms with Crippen LogP contribution in [0.3, 0.4) is 0 Å². The molecule has 0 aliphatic carbocycles. The van der Waals surface area contributed by atoms with Crippen LogP contribution in [0.5, 0.6) is 5.75 Å². The highest BCUT2D eigenvalue weighted by atomic mass is 16.5. The number of likely N-dealkylation sites (N-methyl/N-ethyl adjacent to an activating group) is 1. The van der Waals surface area contributed by atoms with E-state index < -0.39 is 0 Å². The van der Waals surface area contributed by atoms with Gasteiger partial charge in [-0.1, -0.05) is 0 Å². The van der Waals surface area contributed by atoms with E-state index in [1.54, 1.807) is 7.11 Å². The van der Waals surface area contributed by atoms with Crippen LogP contribution in [-0.4, -0.2) is 49.1 Å². The highest BCUT2D eigenvalue weighted by Crippen LogP contribution is 2.23. The molecule has 0 saturated carbocycles. The topological polar surface area (TPSA) is 57.4 Å². The normalized spacial score (nSPS) is 18.7. The fraction of sp³-hybridized carbons (Fsp3) is 0.471. The maximum Gasteiger partial charge on any atom is 0.237 e. The number of methoxy groups -OCH3 is 1. The lowest BCUT2D eigenvalue weighted by molar-refractivity contribution is -0.125. The van der Waals surface area contributed by atoms with Crippen molar-refractivity contribution in [2.24, 2.45) is 0 Å². The molecule has 1 amide bonds. The molecule has 1 atom stereocenters. The summed E-state index contributed by atoms with van der Waals surface area (Å²) in [6.45, 7) is 1.67. The molecule has 1 aromatic carbocycles. The Morgan fingerprint density at radius 2 is 2.36 bits per heavy atom. The van der Waals surface area contributed by atoms with Crippen LogP contribution in [0.25, 0.3) is 10.9 Å². The molecule has 22 heavy (non-hydrogen) atoms. The molecule has 0 spiro atoms. The number of hydrogen-bond donors (Lipinski definition) is 2. The Hall–Kier alpha value is -2.01. The van der Waals surface area contributed by atoms with Gasteiger partial charge in [0.05, 0.1) is 13.2 Å². The average Bonchev–Trinajstić information content (AvgIpc) is 3.13. The SMILES string of the molecule is COc1ccc2[nH]cc(CCNC(=O)[C@@H]3CCCN3C)c2c1. The summed E-state index contributed by atoms with van der Waals surface area (Å²) in [5.41, 5.74) is 2.30. The van der Waals surface area contributed by atoms with Crippen LogP contribution in [0.4, 0.5) is 0 Å². The molecule has 3 rings (SSSR count). The third kappa shape index (κ3) is 2.95. The number of carbonyl (C=O) groups is 1. The number of ether oxygens (including phenoxy) is 1. The summed E-state index contributed by atoms with van der Waals surface area (Å²) in [6.07, 6.45) is 4.90. The third-order valence-electron chi connectivity index (χ3n) is 4.49. The first-order chi connectivity index (χ1) is 10.7. The number of aromatic amines is 1. The predicted molar refractivity (Wildman–Crippen MR) is 87.2 cm³/mol. The number of rotatable bonds is 5. The molecule has 1 aromatic heterocycles. The Kier molecular flexibility index (Phi) is 4.34. The second-order valence-corrected chi connectivity index (χ2v) is 5.91. The van der Waals surface area contributed by atoms with Crippen molar-refractivity contribution in [2.45, 2.75) is 25.3 Å². The van der Waals surface area contributed by atoms with Gasteiger partial charge in [-0.15, -0.1) is 0 Å². The lowest BCUT2D eigenvalue weighted by Gasteiger charge is -2.18. The minimum Gasteiger partial charge on any atom is -0.497 e. The third-order valence-corrected chi connectivity index (χ3v) is 4.49. The van der Waals surface area contributed by atoms with E-state index in [0.717, 1.165) is 42.5 Å². The predicted octanol–water partition coefficient (Wildman–Crippen LogP) is 1.93. The number of nitrogens with zero attached hydrogens (tertiary/aromatic N) is 1. The smallest absolute Gasteiger partial charge is 0.237 e. The summed E-state index contributed by atoms with van der Waals surface area (Å²) in [7, 11) is 3.69. The monoisotopic (exact) mass is 301 g/mol. The fourth-order valence-corrected chi connectivity index (χ4v) is 3.17. The summed E-state index contributed by atoms with van der Waals surface area (Å²) in [5.74, 6) is 1.00. The standard InChI is InChI=1S/C17H23N3O2/c1-20-9-3-4-16(20)17(21)18-8-7-12-11-19-15-6-5-13(22-2)10-14(12)15/h5-6,10-11,16,19H,3-4,7-9H2,1-2H3,(H,18,21)/t16-/m0/s1. The molecular formula is C17H23N3O2. The van der Waals surface area contributed by atoms with Crippen molar-refractivity contribution in [1.29, 1.82) is 0 Å². The molecule has 1 aliphatic heterocycles. The maximum absolute atomic E-state index is 12.2. The van der Waals surface area contributed by atoms with E-state index in [2.05, 4.69) is 15.2 Å². The zero-order chi connectivity index (χ0) is 15.5. The minimum absolute atomic E-state index is 0.0445. The molecule has 2 aromatic rings. The lowest BCUT2D eigenvalue weighted by atomic mass is 10.1. The molecule has 0 radical (unpaired) electrons. The first-order valence-corrected chi connectivity index (χ1v) is 7.81. The number of H-pyrrole nitrogens is 1. The Morgan fingerprint density at radius 1 is 1.50 bits per heavy atom. The Labute approximate surface area is 130 Å². The molecule has 118 valence electrons. The number of fused-ring (bicyclic) bond motifs is 1. The van der Waals surface area contributed by atoms with Gasteiger partial charge in [-0.2, -0.15) is 0 Å². The fourth-order valence-electron chi connectivity index (χ4n) is 3.17. The van der Waals surface area contributed by atoms with Gasteiger partial charge in [0.25, 0.3) is 0 Å². The van der Waals surface area contributed by atoms with Gasteiger partial charge in [-0.25, -0.2) is 0 Å². The first kappa shape index (κ1) is 14.9. The van der Waals surface area contributed by atoms with Crippen LogP contribution < -0.4 is 10.1 Å². The molecule has 5 nitrogen and oxygen atoms in total. The molecule has 0 bridgehead atoms. The Balaban J connectivity index is 1.60. The van der Waals surface area contributed by atoms with Crippen LogP contribution >= 0.6 is 0 Å². The number of aromatic nitrogens is 1. The number of benzene rings is 1. The molecule has 2 N–H and O–H groups in total. The average molecular weight is 301 g/mol. The second kappa shape index (κ2) is 6.40. The van der Waals surface area contributed by atoms with Gasteiger partial charge >= 0.3 is 0 Å². The lowest BCUT2D eigenvalue weighted by Crippen LogP contribution is -2.42. The summed E-state index contributed by atoms with van der Waals surface area (Å²) < 4.78 is 5.28. The van der Waals surface area contributed by atoms with E-state index in [0.29, 0.717) is 6.54 Å². The van der Waals surface area contributed by atoms with Crippen LogP contribution in [0.15, 0.2) is 24.4 Å². The summed E-state index contributed by atoms with van der Waals surface area (Å²) in [6, 6.07) is 6.04. The molecular weight excluding hydrogens is 278 g/mol. The van der Waals surface area contributed by atoms with Gasteiger partial charge in [0.15, 0.2) is 0 Å². The molecule has 1 fully saturated rings. The van der Waals surface area contributed by atoms with Crippen molar-refractivity contribution in [3.05, 3.63) is 30.0 Å². The van der Waals surface area contributed by atoms with Crippen LogP contribution in [0, 0.1) is 0 Å². The van der Waals surface area contributed by atoms with Crippen molar-refractivity contribution < 1.29 is 9.53 Å². The Morgan fingerprint density at radius 3 is 3.09 bits per heavy atom. The molecule has 1 saturated heterocycles. The van der Waals surface area contributed by atoms with E-state index in [-0.39, 0.29) is 11.9 Å². The highest BCUT2D eigenvalue weighted by molar-refractivity contribution is 5.85. The van der Waals surface area contributed by atoms with E-state index in [4.69, 9.17) is 4.74 Å². The van der Waals surface area contributed by atoms with Crippen molar-refractivity contribution >= 4 is 16.8 Å². The van der Waals surface area contributed by atoms with Gasteiger partial charge in [0, 0.05) is 23.6 Å². The van der Waals surface area contributed by atoms with Crippen LogP contribution in [0.1, 0.15) is 18.4 Å². The van der Waals surface area contributed by atoms with Crippen molar-refractivity contribution in [3.8, 4) is 5.75 Å². The van der Waals surface area contributed by atoms with Crippen LogP contribution in [-0.2, 0) is 11.2 Å². The molecule has 1 aliphatic rings. The summed E-state index contributed by atoms with van der Waals surface area (Å²) in [4.78, 5) is 17.6. The van der Waals surface area contributed by atoms with E-state index >= 15 is 0 Å². The van der Waals surface area contributed by atoms with Crippen molar-refractivity contribution in [1.82, 2.24) is 15.2 Å². The molecule has 0 unspecified atom stereocenters. The summed E-state index contributed by atoms with van der Waals surface area (Å²) in [5, 5.41) is 4.22. The van der Waals surface area contributed by atoms with E-state index in [9.17, 15) is 4.79 Å². The van der Waals surface area contributed by atoms with Gasteiger partial charge in [-0.05, 0) is 56.6 Å². The van der Waals surface area contributed by atoms with Gasteiger partial charge in [0.1, 0.15) is 5.75 Å². The van der Waals surface area contributed by atoms with Gasteiger partial charge < -0.3 is 15.0 Å². The number of likely N-dealkylation sites (tertiary alicyclic amines) is 1. The molecule has 5 heteroatoms.